The van der Waals surface area contributed by atoms with Crippen LogP contribution in [0.2, 0.25) is 0 Å². The zero-order valence-corrected chi connectivity index (χ0v) is 25.2. The molecule has 0 aliphatic heterocycles. The average Bonchev–Trinajstić information content (AvgIpc) is 3.00. The predicted molar refractivity (Wildman–Crippen MR) is 115 cm³/mol. The fourth-order valence-corrected chi connectivity index (χ4v) is 4.87. The third-order valence-corrected chi connectivity index (χ3v) is 6.71. The van der Waals surface area contributed by atoms with E-state index in [-0.39, 0.29) is 27.3 Å². The van der Waals surface area contributed by atoms with E-state index >= 15 is 35.1 Å². The van der Waals surface area contributed by atoms with Gasteiger partial charge in [-0.25, -0.2) is 87.8 Å². The Bertz CT molecular complexity index is 1580. The topological polar surface area (TPSA) is 0 Å². The third-order valence-electron chi connectivity index (χ3n) is 6.71. The molecule has 0 spiro atoms. The van der Waals surface area contributed by atoms with Crippen LogP contribution in [-0.2, 0) is 0 Å². The first-order chi connectivity index (χ1) is 20.7. The molecule has 0 saturated carbocycles. The van der Waals surface area contributed by atoms with Crippen LogP contribution in [0, 0.1) is 116 Å². The van der Waals surface area contributed by atoms with Crippen molar-refractivity contribution in [2.24, 2.45) is 0 Å². The summed E-state index contributed by atoms with van der Waals surface area (Å²) in [6.07, 6.45) is -7.22. The molecular formula is C24BF20Tl. The molecule has 4 rings (SSSR count). The standard InChI is InChI=1S/C24BF20.Tl/c26-5-1(6(27)14(35)21(42)13(5)34)25(2-7(28)15(36)22(43)16(37)8(2)29,3-9(30)17(38)23(44)18(39)10(3)31)4-11(32)19(40)24(45)20(41)12(4)33;/q-1;+1. The number of rotatable bonds is 4. The van der Waals surface area contributed by atoms with Gasteiger partial charge in [-0.15, -0.1) is 21.9 Å². The summed E-state index contributed by atoms with van der Waals surface area (Å²) in [5.74, 6) is -71.4. The van der Waals surface area contributed by atoms with Crippen LogP contribution in [0.4, 0.5) is 87.8 Å². The van der Waals surface area contributed by atoms with E-state index in [2.05, 4.69) is 0 Å². The monoisotopic (exact) mass is 884 g/mol. The van der Waals surface area contributed by atoms with Gasteiger partial charge in [-0.05, 0) is 0 Å². The molecule has 46 heavy (non-hydrogen) atoms. The second kappa shape index (κ2) is 12.2. The van der Waals surface area contributed by atoms with Gasteiger partial charge >= 0.3 is 27.3 Å². The van der Waals surface area contributed by atoms with Crippen molar-refractivity contribution < 1.29 is 87.8 Å². The predicted octanol–water partition coefficient (Wildman–Crippen LogP) is 5.47. The molecule has 0 nitrogen and oxygen atoms in total. The largest absolute Gasteiger partial charge is 1.00 e. The van der Waals surface area contributed by atoms with Gasteiger partial charge in [0, 0.05) is 0 Å². The Morgan fingerprint density at radius 1 is 0.174 bits per heavy atom. The Kier molecular flexibility index (Phi) is 9.83. The summed E-state index contributed by atoms with van der Waals surface area (Å²) in [5.41, 5.74) is -14.3. The van der Waals surface area contributed by atoms with Crippen LogP contribution in [0.15, 0.2) is 0 Å². The zero-order valence-electron chi connectivity index (χ0n) is 20.7. The molecule has 0 atom stereocenters. The van der Waals surface area contributed by atoms with Crippen molar-refractivity contribution in [1.82, 2.24) is 0 Å². The van der Waals surface area contributed by atoms with Crippen molar-refractivity contribution in [2.75, 3.05) is 0 Å². The maximum atomic E-state index is 15.4. The zero-order chi connectivity index (χ0) is 34.4. The molecule has 0 aromatic heterocycles. The number of hydrogen-bond donors (Lipinski definition) is 0. The minimum Gasteiger partial charge on any atom is -0.207 e. The van der Waals surface area contributed by atoms with Gasteiger partial charge in [-0.2, -0.15) is 0 Å². The number of benzene rings is 4. The summed E-state index contributed by atoms with van der Waals surface area (Å²) in [6.45, 7) is 0. The molecule has 0 aliphatic rings. The van der Waals surface area contributed by atoms with E-state index < -0.39 is 144 Å². The normalized spacial score (nSPS) is 11.7. The maximum Gasteiger partial charge on any atom is 1.00 e. The van der Waals surface area contributed by atoms with Gasteiger partial charge < -0.3 is 0 Å². The summed E-state index contributed by atoms with van der Waals surface area (Å²) in [4.78, 5) is 0. The van der Waals surface area contributed by atoms with Crippen LogP contribution < -0.4 is 21.9 Å². The smallest absolute Gasteiger partial charge is 0.207 e. The molecule has 0 bridgehead atoms. The van der Waals surface area contributed by atoms with Gasteiger partial charge in [0.25, 0.3) is 0 Å². The Morgan fingerprint density at radius 2 is 0.261 bits per heavy atom. The number of hydrogen-bond acceptors (Lipinski definition) is 0. The molecular weight excluding hydrogens is 883 g/mol. The van der Waals surface area contributed by atoms with Gasteiger partial charge in [-0.3, -0.25) is 0 Å². The molecule has 0 radical (unpaired) electrons. The second-order valence-corrected chi connectivity index (χ2v) is 8.80. The average molecular weight is 883 g/mol. The van der Waals surface area contributed by atoms with Crippen LogP contribution in [0.5, 0.6) is 0 Å². The van der Waals surface area contributed by atoms with E-state index in [1.807, 2.05) is 0 Å². The Balaban J connectivity index is 0.00000576. The third kappa shape index (κ3) is 4.65. The first-order valence-electron chi connectivity index (χ1n) is 10.9. The van der Waals surface area contributed by atoms with Crippen LogP contribution in [0.25, 0.3) is 0 Å². The second-order valence-electron chi connectivity index (χ2n) is 8.80. The van der Waals surface area contributed by atoms with E-state index in [4.69, 9.17) is 0 Å². The quantitative estimate of drug-likeness (QED) is 0.111. The fourth-order valence-electron chi connectivity index (χ4n) is 4.87. The molecule has 0 aliphatic carbocycles. The molecule has 0 fully saturated rings. The summed E-state index contributed by atoms with van der Waals surface area (Å²) < 4.78 is 294. The molecule has 0 saturated heterocycles. The van der Waals surface area contributed by atoms with Gasteiger partial charge in [0.2, 0.25) is 0 Å². The van der Waals surface area contributed by atoms with Crippen molar-refractivity contribution in [3.8, 4) is 0 Å². The molecule has 0 N–H and O–H groups in total. The van der Waals surface area contributed by atoms with Gasteiger partial charge in [0.05, 0.1) is 0 Å². The van der Waals surface area contributed by atoms with Gasteiger partial charge in [0.15, 0.2) is 69.8 Å². The van der Waals surface area contributed by atoms with E-state index in [1.165, 1.54) is 0 Å². The molecule has 242 valence electrons. The minimum atomic E-state index is -7.22. The van der Waals surface area contributed by atoms with Crippen LogP contribution >= 0.6 is 0 Å². The van der Waals surface area contributed by atoms with Crippen LogP contribution in [0.1, 0.15) is 0 Å². The van der Waals surface area contributed by atoms with Crippen LogP contribution in [0.3, 0.4) is 0 Å². The van der Waals surface area contributed by atoms with Gasteiger partial charge in [-0.1, -0.05) is 0 Å². The van der Waals surface area contributed by atoms with E-state index in [1.54, 1.807) is 0 Å². The molecule has 4 aromatic rings. The Morgan fingerprint density at radius 3 is 0.370 bits per heavy atom. The Labute approximate surface area is 259 Å². The molecule has 22 heteroatoms. The summed E-state index contributed by atoms with van der Waals surface area (Å²) in [6, 6.07) is 0. The van der Waals surface area contributed by atoms with Crippen molar-refractivity contribution in [2.45, 2.75) is 0 Å². The summed E-state index contributed by atoms with van der Waals surface area (Å²) in [7, 11) is 0. The summed E-state index contributed by atoms with van der Waals surface area (Å²) >= 11 is 0. The maximum absolute atomic E-state index is 15.4. The van der Waals surface area contributed by atoms with Crippen molar-refractivity contribution >= 4 is 55.3 Å². The minimum absolute atomic E-state index is 0. The first-order valence-corrected chi connectivity index (χ1v) is 10.9. The van der Waals surface area contributed by atoms with Crippen molar-refractivity contribution in [3.05, 3.63) is 116 Å². The van der Waals surface area contributed by atoms with Crippen molar-refractivity contribution in [1.29, 1.82) is 0 Å². The summed E-state index contributed by atoms with van der Waals surface area (Å²) in [5, 5.41) is 0. The first kappa shape index (κ1) is 36.9. The van der Waals surface area contributed by atoms with E-state index in [0.29, 0.717) is 0 Å². The molecule has 0 amide bonds. The van der Waals surface area contributed by atoms with Gasteiger partial charge in [0.1, 0.15) is 52.7 Å². The SMILES string of the molecule is Fc1c(F)c(F)c([B-](c2c(F)c(F)c(F)c(F)c2F)(c2c(F)c(F)c(F)c(F)c2F)c2c(F)c(F)c(F)c(F)c2F)c(F)c1F.[Tl+]. The molecule has 4 aromatic carbocycles. The fraction of sp³-hybridized carbons (Fsp3) is 0. The van der Waals surface area contributed by atoms with E-state index in [9.17, 15) is 52.7 Å². The number of halogens is 20. The molecule has 0 unspecified atom stereocenters. The molecule has 0 heterocycles. The Hall–Kier alpha value is -3.53. The van der Waals surface area contributed by atoms with Crippen LogP contribution in [-0.4, -0.2) is 33.4 Å². The van der Waals surface area contributed by atoms with Crippen molar-refractivity contribution in [3.63, 3.8) is 0 Å². The van der Waals surface area contributed by atoms with E-state index in [0.717, 1.165) is 0 Å².